The molecule has 49 heavy (non-hydrogen) atoms. The highest BCUT2D eigenvalue weighted by atomic mass is 32.1. The molecule has 0 aliphatic carbocycles. The topological polar surface area (TPSA) is 16.4 Å². The van der Waals surface area contributed by atoms with E-state index in [9.17, 15) is 0 Å². The minimum absolute atomic E-state index is 0.870. The van der Waals surface area contributed by atoms with Crippen LogP contribution in [0, 0.1) is 0 Å². The largest absolute Gasteiger partial charge is 0.453 e. The summed E-state index contributed by atoms with van der Waals surface area (Å²) in [5, 5.41) is 7.26. The second-order valence-electron chi connectivity index (χ2n) is 12.5. The molecule has 8 aromatic carbocycles. The van der Waals surface area contributed by atoms with Gasteiger partial charge in [0.15, 0.2) is 5.58 Å². The molecule has 2 heterocycles. The Morgan fingerprint density at radius 1 is 0.388 bits per heavy atom. The fraction of sp³-hybridized carbons (Fsp3) is 0. The number of benzene rings is 8. The molecule has 0 radical (unpaired) electrons. The molecule has 2 aromatic heterocycles. The highest BCUT2D eigenvalue weighted by molar-refractivity contribution is 7.25. The van der Waals surface area contributed by atoms with Gasteiger partial charge in [-0.2, -0.15) is 0 Å². The van der Waals surface area contributed by atoms with Crippen molar-refractivity contribution in [2.24, 2.45) is 0 Å². The van der Waals surface area contributed by atoms with Crippen LogP contribution in [-0.2, 0) is 0 Å². The third-order valence-corrected chi connectivity index (χ3v) is 10.8. The Labute approximate surface area is 287 Å². The molecular formula is C46H29NOS. The molecule has 0 saturated heterocycles. The number of thiophene rings is 1. The predicted octanol–water partition coefficient (Wildman–Crippen LogP) is 13.9. The lowest BCUT2D eigenvalue weighted by Crippen LogP contribution is -2.10. The van der Waals surface area contributed by atoms with Gasteiger partial charge in [0.05, 0.1) is 5.69 Å². The van der Waals surface area contributed by atoms with E-state index in [1.54, 1.807) is 0 Å². The standard InChI is InChI=1S/C46H29NOS/c1-2-11-31(12-3-1)37-18-9-19-39-40-20-10-21-42(46(40)48-45(37)39)47(34-27-28-44-41(29-34)38-16-6-7-22-43(38)49-44)33-25-23-32(24-26-33)36-17-8-14-30-13-4-5-15-35(30)36/h1-29H. The molecule has 0 bridgehead atoms. The van der Waals surface area contributed by atoms with Crippen LogP contribution in [0.15, 0.2) is 180 Å². The van der Waals surface area contributed by atoms with Crippen LogP contribution in [0.25, 0.3) is 75.1 Å². The van der Waals surface area contributed by atoms with Crippen molar-refractivity contribution >= 4 is 81.3 Å². The van der Waals surface area contributed by atoms with Crippen LogP contribution < -0.4 is 4.90 Å². The maximum Gasteiger partial charge on any atom is 0.159 e. The smallest absolute Gasteiger partial charge is 0.159 e. The minimum atomic E-state index is 0.870. The van der Waals surface area contributed by atoms with Gasteiger partial charge in [0, 0.05) is 47.9 Å². The monoisotopic (exact) mass is 643 g/mol. The molecule has 0 unspecified atom stereocenters. The first kappa shape index (κ1) is 27.9. The molecule has 0 atom stereocenters. The highest BCUT2D eigenvalue weighted by Gasteiger charge is 2.21. The maximum atomic E-state index is 6.94. The predicted molar refractivity (Wildman–Crippen MR) is 210 cm³/mol. The molecule has 0 spiro atoms. The Bertz CT molecular complexity index is 2820. The molecule has 2 nitrogen and oxygen atoms in total. The average molecular weight is 644 g/mol. The lowest BCUT2D eigenvalue weighted by atomic mass is 9.98. The molecule has 0 amide bonds. The number of rotatable bonds is 5. The number of furan rings is 1. The molecule has 10 aromatic rings. The van der Waals surface area contributed by atoms with Crippen molar-refractivity contribution in [3.8, 4) is 22.3 Å². The number of hydrogen-bond acceptors (Lipinski definition) is 3. The second-order valence-corrected chi connectivity index (χ2v) is 13.6. The van der Waals surface area contributed by atoms with Gasteiger partial charge in [0.1, 0.15) is 5.58 Å². The highest BCUT2D eigenvalue weighted by Crippen LogP contribution is 2.46. The summed E-state index contributed by atoms with van der Waals surface area (Å²) < 4.78 is 9.52. The van der Waals surface area contributed by atoms with Gasteiger partial charge in [-0.3, -0.25) is 0 Å². The van der Waals surface area contributed by atoms with E-state index in [4.69, 9.17) is 4.42 Å². The zero-order chi connectivity index (χ0) is 32.3. The van der Waals surface area contributed by atoms with Crippen LogP contribution in [0.5, 0.6) is 0 Å². The number of anilines is 3. The van der Waals surface area contributed by atoms with Gasteiger partial charge >= 0.3 is 0 Å². The van der Waals surface area contributed by atoms with Gasteiger partial charge < -0.3 is 9.32 Å². The van der Waals surface area contributed by atoms with Crippen LogP contribution >= 0.6 is 11.3 Å². The number of fused-ring (bicyclic) bond motifs is 7. The van der Waals surface area contributed by atoms with Crippen molar-refractivity contribution in [3.05, 3.63) is 176 Å². The Balaban J connectivity index is 1.20. The lowest BCUT2D eigenvalue weighted by molar-refractivity contribution is 0.670. The van der Waals surface area contributed by atoms with Gasteiger partial charge in [-0.15, -0.1) is 11.3 Å². The Morgan fingerprint density at radius 2 is 1.00 bits per heavy atom. The average Bonchev–Trinajstić information content (AvgIpc) is 3.74. The minimum Gasteiger partial charge on any atom is -0.453 e. The van der Waals surface area contributed by atoms with E-state index >= 15 is 0 Å². The normalized spacial score (nSPS) is 11.7. The van der Waals surface area contributed by atoms with Crippen LogP contribution in [0.3, 0.4) is 0 Å². The van der Waals surface area contributed by atoms with E-state index in [0.29, 0.717) is 0 Å². The van der Waals surface area contributed by atoms with Crippen molar-refractivity contribution < 1.29 is 4.42 Å². The summed E-state index contributed by atoms with van der Waals surface area (Å²) in [6.07, 6.45) is 0. The van der Waals surface area contributed by atoms with Crippen molar-refractivity contribution in [2.75, 3.05) is 4.90 Å². The summed E-state index contributed by atoms with van der Waals surface area (Å²) in [5.41, 5.74) is 9.59. The number of nitrogens with zero attached hydrogens (tertiary/aromatic N) is 1. The van der Waals surface area contributed by atoms with E-state index in [-0.39, 0.29) is 0 Å². The van der Waals surface area contributed by atoms with E-state index in [0.717, 1.165) is 50.1 Å². The summed E-state index contributed by atoms with van der Waals surface area (Å²) in [5.74, 6) is 0. The second kappa shape index (κ2) is 11.2. The maximum absolute atomic E-state index is 6.94. The number of hydrogen-bond donors (Lipinski definition) is 0. The van der Waals surface area contributed by atoms with Crippen molar-refractivity contribution in [1.82, 2.24) is 0 Å². The summed E-state index contributed by atoms with van der Waals surface area (Å²) in [4.78, 5) is 2.35. The van der Waals surface area contributed by atoms with Gasteiger partial charge in [-0.1, -0.05) is 133 Å². The van der Waals surface area contributed by atoms with Crippen LogP contribution in [0.1, 0.15) is 0 Å². The molecule has 3 heteroatoms. The van der Waals surface area contributed by atoms with Crippen LogP contribution in [-0.4, -0.2) is 0 Å². The summed E-state index contributed by atoms with van der Waals surface area (Å²) in [6, 6.07) is 63.1. The van der Waals surface area contributed by atoms with Gasteiger partial charge in [-0.25, -0.2) is 0 Å². The third-order valence-electron chi connectivity index (χ3n) is 9.67. The lowest BCUT2D eigenvalue weighted by Gasteiger charge is -2.26. The zero-order valence-corrected chi connectivity index (χ0v) is 27.3. The zero-order valence-electron chi connectivity index (χ0n) is 26.5. The van der Waals surface area contributed by atoms with Gasteiger partial charge in [0.25, 0.3) is 0 Å². The van der Waals surface area contributed by atoms with Crippen molar-refractivity contribution in [1.29, 1.82) is 0 Å². The summed E-state index contributed by atoms with van der Waals surface area (Å²) >= 11 is 1.84. The Hall–Kier alpha value is -6.16. The SMILES string of the molecule is c1ccc(-c2cccc3c2oc2c(N(c4ccc(-c5cccc6ccccc56)cc4)c4ccc5sc6ccccc6c5c4)cccc23)cc1. The fourth-order valence-corrected chi connectivity index (χ4v) is 8.46. The summed E-state index contributed by atoms with van der Waals surface area (Å²) in [7, 11) is 0. The van der Waals surface area contributed by atoms with Gasteiger partial charge in [0.2, 0.25) is 0 Å². The molecule has 0 aliphatic heterocycles. The molecule has 230 valence electrons. The van der Waals surface area contributed by atoms with E-state index in [1.807, 2.05) is 11.3 Å². The van der Waals surface area contributed by atoms with E-state index in [1.165, 1.54) is 42.1 Å². The molecule has 0 aliphatic rings. The fourth-order valence-electron chi connectivity index (χ4n) is 7.37. The molecule has 10 rings (SSSR count). The van der Waals surface area contributed by atoms with Crippen molar-refractivity contribution in [2.45, 2.75) is 0 Å². The number of para-hydroxylation sites is 2. The third kappa shape index (κ3) is 4.55. The first-order valence-electron chi connectivity index (χ1n) is 16.6. The van der Waals surface area contributed by atoms with Crippen LogP contribution in [0.4, 0.5) is 17.1 Å². The van der Waals surface area contributed by atoms with Crippen LogP contribution in [0.2, 0.25) is 0 Å². The summed E-state index contributed by atoms with van der Waals surface area (Å²) in [6.45, 7) is 0. The molecule has 0 N–H and O–H groups in total. The molecule has 0 fully saturated rings. The van der Waals surface area contributed by atoms with Crippen molar-refractivity contribution in [3.63, 3.8) is 0 Å². The first-order valence-corrected chi connectivity index (χ1v) is 17.4. The quantitative estimate of drug-likeness (QED) is 0.186. The van der Waals surface area contributed by atoms with E-state index in [2.05, 4.69) is 181 Å². The Kier molecular flexibility index (Phi) is 6.39. The van der Waals surface area contributed by atoms with Gasteiger partial charge in [-0.05, 0) is 69.9 Å². The molecular weight excluding hydrogens is 615 g/mol. The Morgan fingerprint density at radius 3 is 1.88 bits per heavy atom. The van der Waals surface area contributed by atoms with E-state index < -0.39 is 0 Å². The first-order chi connectivity index (χ1) is 24.3. The molecule has 0 saturated carbocycles.